The number of hydrogen-bond acceptors (Lipinski definition) is 3. The fourth-order valence-electron chi connectivity index (χ4n) is 2.27. The van der Waals surface area contributed by atoms with Crippen molar-refractivity contribution in [2.45, 2.75) is 38.8 Å². The number of nitrogens with zero attached hydrogens (tertiary/aromatic N) is 1. The SMILES string of the molecule is CC(C)N(CC1CCCN1)C(=O)c1csc(Br)c1. The van der Waals surface area contributed by atoms with Gasteiger partial charge in [-0.05, 0) is 55.2 Å². The minimum atomic E-state index is 0.139. The van der Waals surface area contributed by atoms with Crippen LogP contribution in [0.5, 0.6) is 0 Å². The van der Waals surface area contributed by atoms with Crippen molar-refractivity contribution in [3.05, 3.63) is 20.8 Å². The predicted octanol–water partition coefficient (Wildman–Crippen LogP) is 3.11. The molecule has 100 valence electrons. The summed E-state index contributed by atoms with van der Waals surface area (Å²) in [5.74, 6) is 0.139. The average Bonchev–Trinajstić information content (AvgIpc) is 2.95. The molecular weight excluding hydrogens is 312 g/mol. The van der Waals surface area contributed by atoms with Crippen LogP contribution in [0.3, 0.4) is 0 Å². The van der Waals surface area contributed by atoms with E-state index in [1.165, 1.54) is 12.8 Å². The normalized spacial score (nSPS) is 19.4. The van der Waals surface area contributed by atoms with E-state index >= 15 is 0 Å². The molecule has 0 bridgehead atoms. The van der Waals surface area contributed by atoms with Crippen LogP contribution in [0.1, 0.15) is 37.0 Å². The summed E-state index contributed by atoms with van der Waals surface area (Å²) in [7, 11) is 0. The van der Waals surface area contributed by atoms with Gasteiger partial charge >= 0.3 is 0 Å². The molecule has 0 spiro atoms. The van der Waals surface area contributed by atoms with Crippen molar-refractivity contribution >= 4 is 33.2 Å². The van der Waals surface area contributed by atoms with Crippen molar-refractivity contribution in [3.8, 4) is 0 Å². The third kappa shape index (κ3) is 3.33. The topological polar surface area (TPSA) is 32.3 Å². The first kappa shape index (κ1) is 14.0. The van der Waals surface area contributed by atoms with Crippen molar-refractivity contribution in [2.24, 2.45) is 0 Å². The van der Waals surface area contributed by atoms with Crippen molar-refractivity contribution in [2.75, 3.05) is 13.1 Å². The maximum atomic E-state index is 12.5. The number of carbonyl (C=O) groups excluding carboxylic acids is 1. The van der Waals surface area contributed by atoms with Gasteiger partial charge in [0.2, 0.25) is 0 Å². The third-order valence-electron chi connectivity index (χ3n) is 3.28. The third-order valence-corrected chi connectivity index (χ3v) is 4.78. The minimum Gasteiger partial charge on any atom is -0.335 e. The van der Waals surface area contributed by atoms with Crippen LogP contribution in [-0.4, -0.2) is 36.0 Å². The van der Waals surface area contributed by atoms with Gasteiger partial charge in [-0.1, -0.05) is 0 Å². The van der Waals surface area contributed by atoms with Gasteiger partial charge in [0.1, 0.15) is 0 Å². The maximum Gasteiger partial charge on any atom is 0.255 e. The molecule has 1 aromatic heterocycles. The Morgan fingerprint density at radius 3 is 2.94 bits per heavy atom. The molecule has 2 heterocycles. The fourth-order valence-corrected chi connectivity index (χ4v) is 3.40. The van der Waals surface area contributed by atoms with E-state index in [4.69, 9.17) is 0 Å². The number of amides is 1. The summed E-state index contributed by atoms with van der Waals surface area (Å²) >= 11 is 4.97. The highest BCUT2D eigenvalue weighted by Crippen LogP contribution is 2.23. The molecule has 0 aliphatic carbocycles. The van der Waals surface area contributed by atoms with Crippen molar-refractivity contribution in [1.29, 1.82) is 0 Å². The van der Waals surface area contributed by atoms with E-state index in [9.17, 15) is 4.79 Å². The Labute approximate surface area is 121 Å². The zero-order chi connectivity index (χ0) is 13.1. The van der Waals surface area contributed by atoms with E-state index in [2.05, 4.69) is 35.1 Å². The van der Waals surface area contributed by atoms with Gasteiger partial charge in [-0.3, -0.25) is 4.79 Å². The molecule has 1 unspecified atom stereocenters. The molecule has 18 heavy (non-hydrogen) atoms. The molecule has 1 fully saturated rings. The Morgan fingerprint density at radius 2 is 2.44 bits per heavy atom. The summed E-state index contributed by atoms with van der Waals surface area (Å²) in [6.07, 6.45) is 2.39. The average molecular weight is 331 g/mol. The number of carbonyl (C=O) groups is 1. The Morgan fingerprint density at radius 1 is 1.67 bits per heavy atom. The van der Waals surface area contributed by atoms with E-state index in [-0.39, 0.29) is 11.9 Å². The van der Waals surface area contributed by atoms with E-state index < -0.39 is 0 Å². The number of rotatable bonds is 4. The standard InChI is InChI=1S/C13H19BrN2OS/c1-9(2)16(7-11-4-3-5-15-11)13(17)10-6-12(14)18-8-10/h6,8-9,11,15H,3-5,7H2,1-2H3. The van der Waals surface area contributed by atoms with Gasteiger partial charge in [-0.2, -0.15) is 0 Å². The molecule has 0 aromatic carbocycles. The van der Waals surface area contributed by atoms with Gasteiger partial charge in [0.05, 0.1) is 9.35 Å². The van der Waals surface area contributed by atoms with Crippen LogP contribution in [0.2, 0.25) is 0 Å². The van der Waals surface area contributed by atoms with E-state index in [0.717, 1.165) is 22.4 Å². The Hall–Kier alpha value is -0.390. The highest BCUT2D eigenvalue weighted by molar-refractivity contribution is 9.11. The fraction of sp³-hybridized carbons (Fsp3) is 0.615. The second kappa shape index (κ2) is 6.17. The highest BCUT2D eigenvalue weighted by Gasteiger charge is 2.24. The Bertz CT molecular complexity index is 413. The molecule has 1 N–H and O–H groups in total. The summed E-state index contributed by atoms with van der Waals surface area (Å²) in [6.45, 7) is 6.04. The van der Waals surface area contributed by atoms with Crippen LogP contribution in [0.15, 0.2) is 15.2 Å². The molecule has 0 saturated carbocycles. The summed E-state index contributed by atoms with van der Waals surface area (Å²) in [4.78, 5) is 14.4. The lowest BCUT2D eigenvalue weighted by atomic mass is 10.1. The lowest BCUT2D eigenvalue weighted by molar-refractivity contribution is 0.0689. The zero-order valence-corrected chi connectivity index (χ0v) is 13.2. The maximum absolute atomic E-state index is 12.5. The zero-order valence-electron chi connectivity index (χ0n) is 10.8. The lowest BCUT2D eigenvalue weighted by Crippen LogP contribution is -2.44. The van der Waals surface area contributed by atoms with Crippen molar-refractivity contribution in [3.63, 3.8) is 0 Å². The van der Waals surface area contributed by atoms with Crippen LogP contribution in [0.25, 0.3) is 0 Å². The van der Waals surface area contributed by atoms with Crippen LogP contribution in [-0.2, 0) is 0 Å². The van der Waals surface area contributed by atoms with Crippen LogP contribution >= 0.6 is 27.3 Å². The quantitative estimate of drug-likeness (QED) is 0.919. The monoisotopic (exact) mass is 330 g/mol. The van der Waals surface area contributed by atoms with Gasteiger partial charge in [-0.25, -0.2) is 0 Å². The highest BCUT2D eigenvalue weighted by atomic mass is 79.9. The molecule has 1 aliphatic rings. The van der Waals surface area contributed by atoms with Crippen LogP contribution in [0.4, 0.5) is 0 Å². The first-order valence-electron chi connectivity index (χ1n) is 6.36. The Balaban J connectivity index is 2.06. The molecule has 0 radical (unpaired) electrons. The lowest BCUT2D eigenvalue weighted by Gasteiger charge is -2.29. The van der Waals surface area contributed by atoms with Crippen LogP contribution in [0, 0.1) is 0 Å². The van der Waals surface area contributed by atoms with E-state index in [0.29, 0.717) is 6.04 Å². The van der Waals surface area contributed by atoms with Gasteiger partial charge in [0.25, 0.3) is 5.91 Å². The molecule has 1 atom stereocenters. The molecule has 5 heteroatoms. The van der Waals surface area contributed by atoms with Crippen LogP contribution < -0.4 is 5.32 Å². The molecular formula is C13H19BrN2OS. The van der Waals surface area contributed by atoms with Crippen molar-refractivity contribution in [1.82, 2.24) is 10.2 Å². The van der Waals surface area contributed by atoms with Crippen molar-refractivity contribution < 1.29 is 4.79 Å². The van der Waals surface area contributed by atoms with E-state index in [1.54, 1.807) is 11.3 Å². The number of nitrogens with one attached hydrogen (secondary N) is 1. The first-order valence-corrected chi connectivity index (χ1v) is 8.03. The number of halogens is 1. The van der Waals surface area contributed by atoms with E-state index in [1.807, 2.05) is 16.3 Å². The molecule has 3 nitrogen and oxygen atoms in total. The number of thiophene rings is 1. The predicted molar refractivity (Wildman–Crippen MR) is 79.2 cm³/mol. The molecule has 2 rings (SSSR count). The largest absolute Gasteiger partial charge is 0.335 e. The minimum absolute atomic E-state index is 0.139. The Kier molecular flexibility index (Phi) is 4.81. The molecule has 1 saturated heterocycles. The molecule has 1 aliphatic heterocycles. The first-order chi connectivity index (χ1) is 8.58. The van der Waals surface area contributed by atoms with Gasteiger partial charge < -0.3 is 10.2 Å². The van der Waals surface area contributed by atoms with Gasteiger partial charge in [-0.15, -0.1) is 11.3 Å². The molecule has 1 aromatic rings. The summed E-state index contributed by atoms with van der Waals surface area (Å²) < 4.78 is 1.01. The second-order valence-corrected chi connectivity index (χ2v) is 7.27. The van der Waals surface area contributed by atoms with Gasteiger partial charge in [0.15, 0.2) is 0 Å². The summed E-state index contributed by atoms with van der Waals surface area (Å²) in [6, 6.07) is 2.60. The smallest absolute Gasteiger partial charge is 0.255 e. The summed E-state index contributed by atoms with van der Waals surface area (Å²) in [5.41, 5.74) is 0.790. The van der Waals surface area contributed by atoms with Gasteiger partial charge in [0, 0.05) is 24.0 Å². The molecule has 1 amide bonds. The summed E-state index contributed by atoms with van der Waals surface area (Å²) in [5, 5.41) is 5.37. The second-order valence-electron chi connectivity index (χ2n) is 4.98. The number of hydrogen-bond donors (Lipinski definition) is 1.